The first-order chi connectivity index (χ1) is 7.27. The molecule has 1 fully saturated rings. The van der Waals surface area contributed by atoms with Crippen LogP contribution in [0.1, 0.15) is 19.8 Å². The number of likely N-dealkylation sites (tertiary alicyclic amines) is 1. The predicted molar refractivity (Wildman–Crippen MR) is 60.0 cm³/mol. The number of aromatic nitrogens is 1. The largest absolute Gasteiger partial charge is 0.476 e. The molecule has 1 unspecified atom stereocenters. The van der Waals surface area contributed by atoms with E-state index in [1.807, 2.05) is 18.2 Å². The van der Waals surface area contributed by atoms with E-state index in [9.17, 15) is 0 Å². The van der Waals surface area contributed by atoms with Crippen molar-refractivity contribution in [1.29, 1.82) is 0 Å². The molecule has 0 amide bonds. The van der Waals surface area contributed by atoms with Gasteiger partial charge in [0.05, 0.1) is 0 Å². The Kier molecular flexibility index (Phi) is 3.21. The van der Waals surface area contributed by atoms with Gasteiger partial charge in [-0.15, -0.1) is 0 Å². The van der Waals surface area contributed by atoms with Crippen molar-refractivity contribution in [2.45, 2.75) is 31.8 Å². The van der Waals surface area contributed by atoms with Gasteiger partial charge in [-0.2, -0.15) is 0 Å². The molecule has 1 saturated heterocycles. The van der Waals surface area contributed by atoms with Crippen LogP contribution in [0.5, 0.6) is 5.88 Å². The maximum Gasteiger partial charge on any atom is 0.213 e. The average Bonchev–Trinajstić information content (AvgIpc) is 2.59. The molecule has 1 aromatic heterocycles. The van der Waals surface area contributed by atoms with Gasteiger partial charge in [-0.25, -0.2) is 4.98 Å². The number of ether oxygens (including phenoxy) is 1. The number of pyridine rings is 1. The monoisotopic (exact) mass is 206 g/mol. The lowest BCUT2D eigenvalue weighted by molar-refractivity contribution is 0.171. The molecule has 0 aliphatic carbocycles. The molecule has 2 atom stereocenters. The third-order valence-electron chi connectivity index (χ3n) is 3.25. The van der Waals surface area contributed by atoms with Gasteiger partial charge in [-0.3, -0.25) is 4.90 Å². The van der Waals surface area contributed by atoms with Crippen LogP contribution in [-0.4, -0.2) is 35.6 Å². The van der Waals surface area contributed by atoms with Crippen molar-refractivity contribution in [3.8, 4) is 5.88 Å². The molecule has 3 heteroatoms. The van der Waals surface area contributed by atoms with E-state index in [2.05, 4.69) is 23.9 Å². The lowest BCUT2D eigenvalue weighted by atomic mass is 10.2. The third-order valence-corrected chi connectivity index (χ3v) is 3.25. The summed E-state index contributed by atoms with van der Waals surface area (Å²) in [6.07, 6.45) is 4.26. The van der Waals surface area contributed by atoms with Gasteiger partial charge in [-0.05, 0) is 32.9 Å². The number of nitrogens with zero attached hydrogens (tertiary/aromatic N) is 2. The molecule has 2 heterocycles. The third kappa shape index (κ3) is 2.48. The van der Waals surface area contributed by atoms with Gasteiger partial charge in [0, 0.05) is 24.3 Å². The van der Waals surface area contributed by atoms with Crippen LogP contribution in [-0.2, 0) is 0 Å². The standard InChI is InChI=1S/C12H18N2O/c1-10-6-7-11(14(10)2)9-15-12-5-3-4-8-13-12/h3-5,8,10-11H,6-7,9H2,1-2H3/t10?,11-/m0/s1. The smallest absolute Gasteiger partial charge is 0.213 e. The Bertz CT molecular complexity index is 302. The average molecular weight is 206 g/mol. The second kappa shape index (κ2) is 4.62. The minimum Gasteiger partial charge on any atom is -0.476 e. The minimum atomic E-state index is 0.544. The van der Waals surface area contributed by atoms with Crippen LogP contribution in [0.25, 0.3) is 0 Å². The summed E-state index contributed by atoms with van der Waals surface area (Å²) in [5.41, 5.74) is 0. The first-order valence-corrected chi connectivity index (χ1v) is 5.53. The van der Waals surface area contributed by atoms with E-state index in [-0.39, 0.29) is 0 Å². The molecular weight excluding hydrogens is 188 g/mol. The van der Waals surface area contributed by atoms with E-state index in [0.29, 0.717) is 12.1 Å². The van der Waals surface area contributed by atoms with E-state index in [4.69, 9.17) is 4.74 Å². The zero-order chi connectivity index (χ0) is 10.7. The second-order valence-corrected chi connectivity index (χ2v) is 4.22. The van der Waals surface area contributed by atoms with Crippen molar-refractivity contribution in [3.05, 3.63) is 24.4 Å². The SMILES string of the molecule is CC1CC[C@@H](COc2ccccn2)N1C. The van der Waals surface area contributed by atoms with Gasteiger partial charge in [0.1, 0.15) is 6.61 Å². The predicted octanol–water partition coefficient (Wildman–Crippen LogP) is 1.94. The van der Waals surface area contributed by atoms with Crippen molar-refractivity contribution in [2.75, 3.05) is 13.7 Å². The summed E-state index contributed by atoms with van der Waals surface area (Å²) >= 11 is 0. The van der Waals surface area contributed by atoms with Gasteiger partial charge in [0.25, 0.3) is 0 Å². The van der Waals surface area contributed by atoms with E-state index >= 15 is 0 Å². The lowest BCUT2D eigenvalue weighted by Gasteiger charge is -2.22. The molecule has 0 bridgehead atoms. The molecule has 0 saturated carbocycles. The first-order valence-electron chi connectivity index (χ1n) is 5.53. The van der Waals surface area contributed by atoms with Crippen molar-refractivity contribution < 1.29 is 4.74 Å². The number of hydrogen-bond donors (Lipinski definition) is 0. The number of rotatable bonds is 3. The molecule has 0 radical (unpaired) electrons. The van der Waals surface area contributed by atoms with Crippen molar-refractivity contribution in [2.24, 2.45) is 0 Å². The second-order valence-electron chi connectivity index (χ2n) is 4.22. The Morgan fingerprint density at radius 2 is 2.33 bits per heavy atom. The van der Waals surface area contributed by atoms with E-state index in [1.165, 1.54) is 12.8 Å². The Labute approximate surface area is 91.1 Å². The Hall–Kier alpha value is -1.09. The Morgan fingerprint density at radius 3 is 2.93 bits per heavy atom. The summed E-state index contributed by atoms with van der Waals surface area (Å²) in [7, 11) is 2.17. The summed E-state index contributed by atoms with van der Waals surface area (Å²) in [6.45, 7) is 3.01. The maximum absolute atomic E-state index is 5.66. The van der Waals surface area contributed by atoms with Crippen LogP contribution in [0, 0.1) is 0 Å². The fourth-order valence-corrected chi connectivity index (χ4v) is 2.02. The lowest BCUT2D eigenvalue weighted by Crippen LogP contribution is -2.34. The highest BCUT2D eigenvalue weighted by molar-refractivity contribution is 5.09. The molecule has 3 nitrogen and oxygen atoms in total. The zero-order valence-electron chi connectivity index (χ0n) is 9.39. The molecule has 0 aromatic carbocycles. The molecule has 2 rings (SSSR count). The fourth-order valence-electron chi connectivity index (χ4n) is 2.02. The van der Waals surface area contributed by atoms with Gasteiger partial charge >= 0.3 is 0 Å². The summed E-state index contributed by atoms with van der Waals surface area (Å²) in [6, 6.07) is 6.97. The van der Waals surface area contributed by atoms with Gasteiger partial charge in [-0.1, -0.05) is 6.07 Å². The van der Waals surface area contributed by atoms with Crippen LogP contribution >= 0.6 is 0 Å². The number of likely N-dealkylation sites (N-methyl/N-ethyl adjacent to an activating group) is 1. The van der Waals surface area contributed by atoms with Crippen LogP contribution in [0.4, 0.5) is 0 Å². The summed E-state index contributed by atoms with van der Waals surface area (Å²) < 4.78 is 5.66. The molecule has 15 heavy (non-hydrogen) atoms. The molecule has 1 aliphatic rings. The molecule has 0 spiro atoms. The summed E-state index contributed by atoms with van der Waals surface area (Å²) in [4.78, 5) is 6.53. The molecule has 82 valence electrons. The topological polar surface area (TPSA) is 25.4 Å². The summed E-state index contributed by atoms with van der Waals surface area (Å²) in [5.74, 6) is 0.727. The molecule has 1 aromatic rings. The zero-order valence-corrected chi connectivity index (χ0v) is 9.39. The molecular formula is C12H18N2O. The number of hydrogen-bond acceptors (Lipinski definition) is 3. The van der Waals surface area contributed by atoms with Gasteiger partial charge in [0.2, 0.25) is 5.88 Å². The fraction of sp³-hybridized carbons (Fsp3) is 0.583. The van der Waals surface area contributed by atoms with Crippen molar-refractivity contribution in [3.63, 3.8) is 0 Å². The van der Waals surface area contributed by atoms with Gasteiger partial charge < -0.3 is 4.74 Å². The highest BCUT2D eigenvalue weighted by Gasteiger charge is 2.27. The van der Waals surface area contributed by atoms with Crippen LogP contribution in [0.2, 0.25) is 0 Å². The van der Waals surface area contributed by atoms with Crippen molar-refractivity contribution in [1.82, 2.24) is 9.88 Å². The van der Waals surface area contributed by atoms with E-state index < -0.39 is 0 Å². The first kappa shape index (κ1) is 10.4. The summed E-state index contributed by atoms with van der Waals surface area (Å²) in [5, 5.41) is 0. The van der Waals surface area contributed by atoms with Crippen molar-refractivity contribution >= 4 is 0 Å². The molecule has 1 aliphatic heterocycles. The van der Waals surface area contributed by atoms with E-state index in [1.54, 1.807) is 6.20 Å². The van der Waals surface area contributed by atoms with E-state index in [0.717, 1.165) is 12.5 Å². The van der Waals surface area contributed by atoms with Crippen LogP contribution < -0.4 is 4.74 Å². The normalized spacial score (nSPS) is 26.8. The van der Waals surface area contributed by atoms with Crippen LogP contribution in [0.3, 0.4) is 0 Å². The Balaban J connectivity index is 1.84. The maximum atomic E-state index is 5.66. The van der Waals surface area contributed by atoms with Crippen LogP contribution in [0.15, 0.2) is 24.4 Å². The van der Waals surface area contributed by atoms with Gasteiger partial charge in [0.15, 0.2) is 0 Å². The highest BCUT2D eigenvalue weighted by Crippen LogP contribution is 2.22. The Morgan fingerprint density at radius 1 is 1.47 bits per heavy atom. The quantitative estimate of drug-likeness (QED) is 0.755. The molecule has 0 N–H and O–H groups in total. The minimum absolute atomic E-state index is 0.544. The highest BCUT2D eigenvalue weighted by atomic mass is 16.5.